The quantitative estimate of drug-likeness (QED) is 0.613. The van der Waals surface area contributed by atoms with Crippen LogP contribution in [0.25, 0.3) is 0 Å². The van der Waals surface area contributed by atoms with Crippen LogP contribution < -0.4 is 16.4 Å². The van der Waals surface area contributed by atoms with Gasteiger partial charge in [-0.25, -0.2) is 0 Å². The number of rotatable bonds is 5. The first-order chi connectivity index (χ1) is 9.11. The van der Waals surface area contributed by atoms with Crippen LogP contribution in [0.3, 0.4) is 0 Å². The van der Waals surface area contributed by atoms with Crippen molar-refractivity contribution in [2.24, 2.45) is 0 Å². The third-order valence-corrected chi connectivity index (χ3v) is 3.12. The lowest BCUT2D eigenvalue weighted by Crippen LogP contribution is -2.42. The van der Waals surface area contributed by atoms with Gasteiger partial charge in [-0.3, -0.25) is 0 Å². The van der Waals surface area contributed by atoms with E-state index in [2.05, 4.69) is 20.6 Å². The van der Waals surface area contributed by atoms with Gasteiger partial charge in [-0.15, -0.1) is 0 Å². The Morgan fingerprint density at radius 2 is 1.95 bits per heavy atom. The molecule has 0 aromatic carbocycles. The Morgan fingerprint density at radius 3 is 2.58 bits per heavy atom. The molecule has 106 valence electrons. The topological polar surface area (TPSA) is 105 Å². The maximum absolute atomic E-state index is 10.3. The number of nitrogens with one attached hydrogen (secondary N) is 2. The fraction of sp³-hybridized carbons (Fsp3) is 0.667. The summed E-state index contributed by atoms with van der Waals surface area (Å²) in [5.74, 6) is 1.50. The summed E-state index contributed by atoms with van der Waals surface area (Å²) in [6.45, 7) is 4.35. The average Bonchev–Trinajstić information content (AvgIpc) is 2.37. The van der Waals surface area contributed by atoms with Crippen LogP contribution in [-0.2, 0) is 4.74 Å². The fourth-order valence-electron chi connectivity index (χ4n) is 2.01. The zero-order valence-corrected chi connectivity index (χ0v) is 11.1. The summed E-state index contributed by atoms with van der Waals surface area (Å²) in [5.41, 5.74) is 4.91. The molecule has 1 aliphatic heterocycles. The molecule has 19 heavy (non-hydrogen) atoms. The molecule has 7 heteroatoms. The van der Waals surface area contributed by atoms with Crippen molar-refractivity contribution in [3.63, 3.8) is 0 Å². The monoisotopic (exact) mass is 267 g/mol. The lowest BCUT2D eigenvalue weighted by Gasteiger charge is -2.32. The molecule has 1 fully saturated rings. The summed E-state index contributed by atoms with van der Waals surface area (Å²) in [6.07, 6.45) is 1.25. The van der Waals surface area contributed by atoms with Crippen molar-refractivity contribution in [2.45, 2.75) is 25.4 Å². The number of aliphatic hydroxyl groups is 1. The molecule has 0 aliphatic carbocycles. The van der Waals surface area contributed by atoms with Gasteiger partial charge in [0.05, 0.1) is 5.60 Å². The zero-order chi connectivity index (χ0) is 13.7. The van der Waals surface area contributed by atoms with E-state index in [9.17, 15) is 5.11 Å². The fourth-order valence-corrected chi connectivity index (χ4v) is 2.01. The maximum atomic E-state index is 10.3. The van der Waals surface area contributed by atoms with Gasteiger partial charge in [0.2, 0.25) is 5.95 Å². The van der Waals surface area contributed by atoms with E-state index in [0.717, 1.165) is 6.54 Å². The first kappa shape index (κ1) is 13.8. The second kappa shape index (κ2) is 6.03. The molecule has 0 amide bonds. The third kappa shape index (κ3) is 3.93. The number of hydrogen-bond donors (Lipinski definition) is 4. The molecule has 0 unspecified atom stereocenters. The van der Waals surface area contributed by atoms with E-state index in [-0.39, 0.29) is 5.95 Å². The van der Waals surface area contributed by atoms with Crippen molar-refractivity contribution in [3.05, 3.63) is 6.07 Å². The summed E-state index contributed by atoms with van der Waals surface area (Å²) in [7, 11) is 0. The van der Waals surface area contributed by atoms with Crippen LogP contribution in [0, 0.1) is 0 Å². The summed E-state index contributed by atoms with van der Waals surface area (Å²) in [4.78, 5) is 8.17. The minimum absolute atomic E-state index is 0.208. The first-order valence-electron chi connectivity index (χ1n) is 6.54. The molecule has 7 nitrogen and oxygen atoms in total. The van der Waals surface area contributed by atoms with E-state index in [4.69, 9.17) is 10.5 Å². The lowest BCUT2D eigenvalue weighted by molar-refractivity contribution is -0.0543. The average molecular weight is 267 g/mol. The molecule has 0 bridgehead atoms. The molecular formula is C12H21N5O2. The van der Waals surface area contributed by atoms with E-state index in [0.29, 0.717) is 44.2 Å². The molecule has 1 aromatic rings. The second-order valence-corrected chi connectivity index (χ2v) is 4.72. The van der Waals surface area contributed by atoms with Crippen molar-refractivity contribution >= 4 is 17.6 Å². The van der Waals surface area contributed by atoms with E-state index in [1.807, 2.05) is 6.92 Å². The number of anilines is 3. The van der Waals surface area contributed by atoms with Gasteiger partial charge in [0, 0.05) is 45.2 Å². The molecule has 0 spiro atoms. The highest BCUT2D eigenvalue weighted by molar-refractivity contribution is 5.51. The molecule has 0 atom stereocenters. The van der Waals surface area contributed by atoms with E-state index in [1.54, 1.807) is 6.07 Å². The molecule has 2 heterocycles. The van der Waals surface area contributed by atoms with Gasteiger partial charge in [0.25, 0.3) is 0 Å². The van der Waals surface area contributed by atoms with Crippen molar-refractivity contribution in [3.8, 4) is 0 Å². The number of nitrogens with two attached hydrogens (primary N) is 1. The molecular weight excluding hydrogens is 246 g/mol. The summed E-state index contributed by atoms with van der Waals surface area (Å²) in [5, 5.41) is 16.5. The molecule has 5 N–H and O–H groups in total. The Balaban J connectivity index is 1.98. The Kier molecular flexibility index (Phi) is 4.39. The van der Waals surface area contributed by atoms with Gasteiger partial charge in [-0.05, 0) is 6.92 Å². The highest BCUT2D eigenvalue weighted by Gasteiger charge is 2.29. The predicted molar refractivity (Wildman–Crippen MR) is 74.1 cm³/mol. The van der Waals surface area contributed by atoms with Crippen molar-refractivity contribution in [1.29, 1.82) is 0 Å². The van der Waals surface area contributed by atoms with Gasteiger partial charge < -0.3 is 26.2 Å². The van der Waals surface area contributed by atoms with Crippen molar-refractivity contribution in [2.75, 3.05) is 42.7 Å². The van der Waals surface area contributed by atoms with Gasteiger partial charge >= 0.3 is 0 Å². The van der Waals surface area contributed by atoms with Crippen LogP contribution in [0.1, 0.15) is 19.8 Å². The highest BCUT2D eigenvalue weighted by atomic mass is 16.5. The number of hydrogen-bond acceptors (Lipinski definition) is 7. The number of ether oxygens (including phenoxy) is 1. The number of nitrogens with zero attached hydrogens (tertiary/aromatic N) is 2. The Morgan fingerprint density at radius 1 is 1.32 bits per heavy atom. The van der Waals surface area contributed by atoms with Gasteiger partial charge in [-0.1, -0.05) is 0 Å². The van der Waals surface area contributed by atoms with Crippen LogP contribution in [-0.4, -0.2) is 47.0 Å². The van der Waals surface area contributed by atoms with Crippen LogP contribution in [0.5, 0.6) is 0 Å². The van der Waals surface area contributed by atoms with Crippen LogP contribution in [0.15, 0.2) is 6.07 Å². The molecule has 1 aromatic heterocycles. The summed E-state index contributed by atoms with van der Waals surface area (Å²) in [6, 6.07) is 1.78. The zero-order valence-electron chi connectivity index (χ0n) is 11.1. The summed E-state index contributed by atoms with van der Waals surface area (Å²) >= 11 is 0. The Hall–Kier alpha value is -1.60. The van der Waals surface area contributed by atoms with E-state index in [1.165, 1.54) is 0 Å². The van der Waals surface area contributed by atoms with E-state index < -0.39 is 5.60 Å². The minimum Gasteiger partial charge on any atom is -0.388 e. The van der Waals surface area contributed by atoms with E-state index >= 15 is 0 Å². The Bertz CT molecular complexity index is 421. The first-order valence-corrected chi connectivity index (χ1v) is 6.54. The van der Waals surface area contributed by atoms with Crippen molar-refractivity contribution < 1.29 is 9.84 Å². The number of aromatic nitrogens is 2. The molecule has 0 saturated carbocycles. The normalized spacial score (nSPS) is 18.0. The SMILES string of the molecule is CCNc1cc(NCC2(O)CCOCC2)nc(N)n1. The largest absolute Gasteiger partial charge is 0.388 e. The van der Waals surface area contributed by atoms with Crippen LogP contribution >= 0.6 is 0 Å². The lowest BCUT2D eigenvalue weighted by atomic mass is 9.94. The Labute approximate surface area is 112 Å². The van der Waals surface area contributed by atoms with Gasteiger partial charge in [0.15, 0.2) is 0 Å². The van der Waals surface area contributed by atoms with Gasteiger partial charge in [0.1, 0.15) is 11.6 Å². The summed E-state index contributed by atoms with van der Waals surface area (Å²) < 4.78 is 5.24. The predicted octanol–water partition coefficient (Wildman–Crippen LogP) is 0.444. The smallest absolute Gasteiger partial charge is 0.223 e. The second-order valence-electron chi connectivity index (χ2n) is 4.72. The minimum atomic E-state index is -0.740. The molecule has 0 radical (unpaired) electrons. The third-order valence-electron chi connectivity index (χ3n) is 3.12. The highest BCUT2D eigenvalue weighted by Crippen LogP contribution is 2.21. The van der Waals surface area contributed by atoms with Crippen LogP contribution in [0.4, 0.5) is 17.6 Å². The molecule has 2 rings (SSSR count). The van der Waals surface area contributed by atoms with Crippen molar-refractivity contribution in [1.82, 2.24) is 9.97 Å². The van der Waals surface area contributed by atoms with Crippen LogP contribution in [0.2, 0.25) is 0 Å². The molecule has 1 aliphatic rings. The van der Waals surface area contributed by atoms with Gasteiger partial charge in [-0.2, -0.15) is 9.97 Å². The standard InChI is InChI=1S/C12H21N5O2/c1-2-14-9-7-10(17-11(13)16-9)15-8-12(18)3-5-19-6-4-12/h7,18H,2-6,8H2,1H3,(H4,13,14,15,16,17). The number of nitrogen functional groups attached to an aromatic ring is 1. The maximum Gasteiger partial charge on any atom is 0.223 e. The molecule has 1 saturated heterocycles.